The molecule has 0 saturated carbocycles. The van der Waals surface area contributed by atoms with Gasteiger partial charge < -0.3 is 25.4 Å². The van der Waals surface area contributed by atoms with E-state index in [1.165, 1.54) is 14.2 Å². The van der Waals surface area contributed by atoms with Crippen LogP contribution in [0.2, 0.25) is 5.02 Å². The second-order valence-corrected chi connectivity index (χ2v) is 8.83. The minimum Gasteiger partial charge on any atom is -0.497 e. The smallest absolute Gasteiger partial charge is 0.252 e. The lowest BCUT2D eigenvalue weighted by Crippen LogP contribution is -2.56. The van der Waals surface area contributed by atoms with Crippen molar-refractivity contribution < 1.29 is 14.3 Å². The summed E-state index contributed by atoms with van der Waals surface area (Å²) in [4.78, 5) is 12.5. The van der Waals surface area contributed by atoms with Crippen LogP contribution >= 0.6 is 58.6 Å². The lowest BCUT2D eigenvalue weighted by Gasteiger charge is -2.28. The van der Waals surface area contributed by atoms with Gasteiger partial charge in [-0.25, -0.2) is 0 Å². The Bertz CT molecular complexity index is 876. The van der Waals surface area contributed by atoms with Gasteiger partial charge in [0.05, 0.1) is 19.9 Å². The number of ether oxygens (including phenoxy) is 2. The summed E-state index contributed by atoms with van der Waals surface area (Å²) in [5.74, 6) is 0.628. The van der Waals surface area contributed by atoms with Gasteiger partial charge in [0.2, 0.25) is 3.79 Å². The molecule has 1 amide bonds. The average Bonchev–Trinajstić information content (AvgIpc) is 2.67. The maximum absolute atomic E-state index is 12.5. The standard InChI is InChI=1S/C18H17Cl4N3O3S/c1-27-12-7-8-14(28-2)13(9-12)23-17(29)25-16(18(20,21)22)24-15(26)10-3-5-11(19)6-4-10/h3-9,16H,1-2H3,(H,24,26)(H2,23,25,29)/t16-/m1/s1. The molecule has 0 radical (unpaired) electrons. The maximum Gasteiger partial charge on any atom is 0.252 e. The van der Waals surface area contributed by atoms with Crippen LogP contribution in [0.25, 0.3) is 0 Å². The van der Waals surface area contributed by atoms with Crippen LogP contribution in [-0.2, 0) is 0 Å². The van der Waals surface area contributed by atoms with Gasteiger partial charge in [-0.15, -0.1) is 0 Å². The number of carbonyl (C=O) groups excluding carboxylic acids is 1. The first-order chi connectivity index (χ1) is 13.6. The second kappa shape index (κ2) is 10.4. The van der Waals surface area contributed by atoms with Crippen LogP contribution in [0.1, 0.15) is 10.4 Å². The lowest BCUT2D eigenvalue weighted by molar-refractivity contribution is 0.0934. The number of halogens is 4. The van der Waals surface area contributed by atoms with E-state index in [1.54, 1.807) is 42.5 Å². The second-order valence-electron chi connectivity index (χ2n) is 5.62. The summed E-state index contributed by atoms with van der Waals surface area (Å²) < 4.78 is 8.58. The van der Waals surface area contributed by atoms with Crippen molar-refractivity contribution in [2.75, 3.05) is 19.5 Å². The minimum absolute atomic E-state index is 0.0873. The van der Waals surface area contributed by atoms with Crippen LogP contribution in [0.5, 0.6) is 11.5 Å². The molecule has 29 heavy (non-hydrogen) atoms. The molecule has 0 saturated heterocycles. The Balaban J connectivity index is 2.13. The number of alkyl halides is 3. The number of carbonyl (C=O) groups is 1. The molecular weight excluding hydrogens is 480 g/mol. The molecule has 0 spiro atoms. The molecule has 0 aliphatic carbocycles. The van der Waals surface area contributed by atoms with Crippen molar-refractivity contribution in [3.8, 4) is 11.5 Å². The molecule has 11 heteroatoms. The van der Waals surface area contributed by atoms with Crippen LogP contribution in [0, 0.1) is 0 Å². The molecule has 0 heterocycles. The molecule has 6 nitrogen and oxygen atoms in total. The summed E-state index contributed by atoms with van der Waals surface area (Å²) in [6.45, 7) is 0. The summed E-state index contributed by atoms with van der Waals surface area (Å²) in [6, 6.07) is 11.4. The molecule has 2 aromatic rings. The van der Waals surface area contributed by atoms with Crippen molar-refractivity contribution >= 4 is 75.3 Å². The third kappa shape index (κ3) is 6.97. The van der Waals surface area contributed by atoms with Crippen LogP contribution in [-0.4, -0.2) is 35.2 Å². The van der Waals surface area contributed by atoms with Crippen LogP contribution in [0.15, 0.2) is 42.5 Å². The van der Waals surface area contributed by atoms with Crippen LogP contribution in [0.4, 0.5) is 5.69 Å². The summed E-state index contributed by atoms with van der Waals surface area (Å²) in [7, 11) is 3.05. The van der Waals surface area contributed by atoms with E-state index in [0.717, 1.165) is 0 Å². The van der Waals surface area contributed by atoms with Crippen molar-refractivity contribution in [1.29, 1.82) is 0 Å². The number of hydrogen-bond acceptors (Lipinski definition) is 4. The van der Waals surface area contributed by atoms with Gasteiger partial charge in [0.25, 0.3) is 5.91 Å². The van der Waals surface area contributed by atoms with Gasteiger partial charge in [0.1, 0.15) is 17.7 Å². The fourth-order valence-electron chi connectivity index (χ4n) is 2.22. The summed E-state index contributed by atoms with van der Waals surface area (Å²) >= 11 is 29.2. The molecule has 0 aliphatic heterocycles. The Hall–Kier alpha value is -1.64. The molecule has 0 unspecified atom stereocenters. The van der Waals surface area contributed by atoms with E-state index in [-0.39, 0.29) is 5.11 Å². The highest BCUT2D eigenvalue weighted by atomic mass is 35.6. The number of nitrogens with one attached hydrogen (secondary N) is 3. The van der Waals surface area contributed by atoms with Crippen molar-refractivity contribution in [2.45, 2.75) is 9.96 Å². The first kappa shape index (κ1) is 23.6. The first-order valence-electron chi connectivity index (χ1n) is 8.06. The third-order valence-electron chi connectivity index (χ3n) is 3.64. The predicted octanol–water partition coefficient (Wildman–Crippen LogP) is 4.77. The van der Waals surface area contributed by atoms with Crippen molar-refractivity contribution in [3.63, 3.8) is 0 Å². The number of methoxy groups -OCH3 is 2. The highest BCUT2D eigenvalue weighted by molar-refractivity contribution is 7.80. The Labute approximate surface area is 193 Å². The van der Waals surface area contributed by atoms with E-state index >= 15 is 0 Å². The number of thiocarbonyl (C=S) groups is 1. The molecule has 0 aromatic heterocycles. The molecule has 1 atom stereocenters. The van der Waals surface area contributed by atoms with Gasteiger partial charge in [-0.1, -0.05) is 46.4 Å². The Kier molecular flexibility index (Phi) is 8.48. The molecule has 0 fully saturated rings. The van der Waals surface area contributed by atoms with E-state index < -0.39 is 15.9 Å². The number of anilines is 1. The van der Waals surface area contributed by atoms with Gasteiger partial charge in [-0.3, -0.25) is 4.79 Å². The third-order valence-corrected chi connectivity index (χ3v) is 4.77. The molecule has 0 bridgehead atoms. The molecule has 2 rings (SSSR count). The van der Waals surface area contributed by atoms with Crippen LogP contribution in [0.3, 0.4) is 0 Å². The summed E-state index contributed by atoms with van der Waals surface area (Å²) in [5, 5.41) is 8.88. The molecule has 3 N–H and O–H groups in total. The Morgan fingerprint density at radius 3 is 2.24 bits per heavy atom. The summed E-state index contributed by atoms with van der Waals surface area (Å²) in [5.41, 5.74) is 0.861. The normalized spacial score (nSPS) is 11.9. The van der Waals surface area contributed by atoms with Gasteiger partial charge in [-0.05, 0) is 48.6 Å². The minimum atomic E-state index is -1.90. The zero-order valence-electron chi connectivity index (χ0n) is 15.3. The zero-order valence-corrected chi connectivity index (χ0v) is 19.1. The van der Waals surface area contributed by atoms with E-state index in [1.807, 2.05) is 0 Å². The number of benzene rings is 2. The average molecular weight is 497 g/mol. The van der Waals surface area contributed by atoms with E-state index in [0.29, 0.717) is 27.8 Å². The van der Waals surface area contributed by atoms with Gasteiger partial charge in [0.15, 0.2) is 5.11 Å². The highest BCUT2D eigenvalue weighted by Crippen LogP contribution is 2.31. The van der Waals surface area contributed by atoms with Gasteiger partial charge in [0, 0.05) is 16.7 Å². The number of hydrogen-bond donors (Lipinski definition) is 3. The first-order valence-corrected chi connectivity index (χ1v) is 9.98. The summed E-state index contributed by atoms with van der Waals surface area (Å²) in [6.07, 6.45) is -1.13. The monoisotopic (exact) mass is 495 g/mol. The van der Waals surface area contributed by atoms with Crippen molar-refractivity contribution in [2.24, 2.45) is 0 Å². The Morgan fingerprint density at radius 1 is 1.03 bits per heavy atom. The number of amides is 1. The quantitative estimate of drug-likeness (QED) is 0.304. The van der Waals surface area contributed by atoms with Crippen molar-refractivity contribution in [3.05, 3.63) is 53.1 Å². The Morgan fingerprint density at radius 2 is 1.69 bits per heavy atom. The van der Waals surface area contributed by atoms with E-state index in [2.05, 4.69) is 16.0 Å². The van der Waals surface area contributed by atoms with Gasteiger partial charge in [-0.2, -0.15) is 0 Å². The zero-order chi connectivity index (χ0) is 21.6. The molecule has 2 aromatic carbocycles. The fourth-order valence-corrected chi connectivity index (χ4v) is 2.90. The van der Waals surface area contributed by atoms with E-state index in [4.69, 9.17) is 68.1 Å². The topological polar surface area (TPSA) is 71.6 Å². The number of rotatable bonds is 6. The highest BCUT2D eigenvalue weighted by Gasteiger charge is 2.35. The fraction of sp³-hybridized carbons (Fsp3) is 0.222. The van der Waals surface area contributed by atoms with Gasteiger partial charge >= 0.3 is 0 Å². The van der Waals surface area contributed by atoms with Crippen LogP contribution < -0.4 is 25.4 Å². The maximum atomic E-state index is 12.5. The predicted molar refractivity (Wildman–Crippen MR) is 122 cm³/mol. The molecule has 156 valence electrons. The van der Waals surface area contributed by atoms with Crippen molar-refractivity contribution in [1.82, 2.24) is 10.6 Å². The van der Waals surface area contributed by atoms with E-state index in [9.17, 15) is 4.79 Å². The largest absolute Gasteiger partial charge is 0.497 e. The molecule has 0 aliphatic rings. The molecular formula is C18H17Cl4N3O3S. The lowest BCUT2D eigenvalue weighted by atomic mass is 10.2. The SMILES string of the molecule is COc1ccc(OC)c(NC(=S)N[C@@H](NC(=O)c2ccc(Cl)cc2)C(Cl)(Cl)Cl)c1.